The standard InChI is InChI=1S/C16H14N2OS/c1-18(12-7-3-2-4-8-12)17-11-15-16(19)13-9-5-6-10-14(13)20-15/h2-11,19H,1H3/b17-11-. The summed E-state index contributed by atoms with van der Waals surface area (Å²) in [5.41, 5.74) is 1.00. The normalized spacial score (nSPS) is 11.2. The maximum absolute atomic E-state index is 10.2. The van der Waals surface area contributed by atoms with Gasteiger partial charge in [-0.2, -0.15) is 5.10 Å². The number of benzene rings is 2. The SMILES string of the molecule is CN(/N=C\c1sc2ccccc2c1O)c1ccccc1. The van der Waals surface area contributed by atoms with Gasteiger partial charge < -0.3 is 5.11 Å². The Morgan fingerprint density at radius 2 is 1.75 bits per heavy atom. The fourth-order valence-electron chi connectivity index (χ4n) is 1.99. The van der Waals surface area contributed by atoms with Gasteiger partial charge in [0.1, 0.15) is 5.75 Å². The zero-order chi connectivity index (χ0) is 13.9. The number of aromatic hydroxyl groups is 1. The number of para-hydroxylation sites is 1. The molecule has 4 heteroatoms. The third kappa shape index (κ3) is 2.38. The fourth-order valence-corrected chi connectivity index (χ4v) is 2.95. The lowest BCUT2D eigenvalue weighted by molar-refractivity contribution is 0.483. The molecule has 0 fully saturated rings. The number of hydrogen-bond acceptors (Lipinski definition) is 4. The van der Waals surface area contributed by atoms with Gasteiger partial charge in [-0.1, -0.05) is 30.3 Å². The summed E-state index contributed by atoms with van der Waals surface area (Å²) in [4.78, 5) is 0.772. The highest BCUT2D eigenvalue weighted by molar-refractivity contribution is 7.21. The number of thiophene rings is 1. The molecule has 0 aliphatic rings. The van der Waals surface area contributed by atoms with Gasteiger partial charge in [0.2, 0.25) is 0 Å². The molecule has 0 spiro atoms. The van der Waals surface area contributed by atoms with Crippen molar-refractivity contribution in [1.29, 1.82) is 0 Å². The number of anilines is 1. The average Bonchev–Trinajstić information content (AvgIpc) is 2.83. The van der Waals surface area contributed by atoms with Crippen molar-refractivity contribution >= 4 is 33.3 Å². The summed E-state index contributed by atoms with van der Waals surface area (Å²) < 4.78 is 1.06. The van der Waals surface area contributed by atoms with Crippen molar-refractivity contribution in [2.24, 2.45) is 5.10 Å². The Bertz CT molecular complexity index is 750. The fraction of sp³-hybridized carbons (Fsp3) is 0.0625. The van der Waals surface area contributed by atoms with Gasteiger partial charge in [0.15, 0.2) is 0 Å². The van der Waals surface area contributed by atoms with Gasteiger partial charge in [0.25, 0.3) is 0 Å². The van der Waals surface area contributed by atoms with Crippen molar-refractivity contribution in [3.05, 3.63) is 59.5 Å². The molecule has 1 aromatic heterocycles. The molecule has 0 atom stereocenters. The third-order valence-electron chi connectivity index (χ3n) is 3.07. The largest absolute Gasteiger partial charge is 0.506 e. The maximum Gasteiger partial charge on any atom is 0.143 e. The maximum atomic E-state index is 10.2. The minimum atomic E-state index is 0.302. The second-order valence-electron chi connectivity index (χ2n) is 4.41. The van der Waals surface area contributed by atoms with Gasteiger partial charge in [0.05, 0.1) is 16.8 Å². The highest BCUT2D eigenvalue weighted by Crippen LogP contribution is 2.35. The van der Waals surface area contributed by atoms with E-state index < -0.39 is 0 Å². The van der Waals surface area contributed by atoms with E-state index in [9.17, 15) is 5.11 Å². The van der Waals surface area contributed by atoms with Crippen molar-refractivity contribution in [3.63, 3.8) is 0 Å². The van der Waals surface area contributed by atoms with E-state index in [-0.39, 0.29) is 0 Å². The minimum absolute atomic E-state index is 0.302. The molecule has 20 heavy (non-hydrogen) atoms. The second-order valence-corrected chi connectivity index (χ2v) is 5.50. The number of rotatable bonds is 3. The van der Waals surface area contributed by atoms with Gasteiger partial charge in [-0.3, -0.25) is 5.01 Å². The number of hydrogen-bond donors (Lipinski definition) is 1. The summed E-state index contributed by atoms with van der Waals surface area (Å²) >= 11 is 1.54. The molecule has 0 aliphatic heterocycles. The Hall–Kier alpha value is -2.33. The van der Waals surface area contributed by atoms with E-state index >= 15 is 0 Å². The van der Waals surface area contributed by atoms with Crippen molar-refractivity contribution in [1.82, 2.24) is 0 Å². The van der Waals surface area contributed by atoms with E-state index in [4.69, 9.17) is 0 Å². The topological polar surface area (TPSA) is 35.8 Å². The molecule has 3 nitrogen and oxygen atoms in total. The molecular formula is C16H14N2OS. The van der Waals surface area contributed by atoms with E-state index in [1.807, 2.05) is 61.6 Å². The van der Waals surface area contributed by atoms with Crippen LogP contribution in [0.1, 0.15) is 4.88 Å². The van der Waals surface area contributed by atoms with E-state index in [1.165, 1.54) is 11.3 Å². The molecule has 1 N–H and O–H groups in total. The Kier molecular flexibility index (Phi) is 3.39. The first-order valence-corrected chi connectivity index (χ1v) is 7.10. The van der Waals surface area contributed by atoms with E-state index in [1.54, 1.807) is 11.2 Å². The summed E-state index contributed by atoms with van der Waals surface area (Å²) in [5.74, 6) is 0.302. The van der Waals surface area contributed by atoms with Crippen LogP contribution in [-0.4, -0.2) is 18.4 Å². The molecule has 3 aromatic rings. The molecule has 0 bridgehead atoms. The van der Waals surface area contributed by atoms with Crippen LogP contribution in [-0.2, 0) is 0 Å². The summed E-state index contributed by atoms with van der Waals surface area (Å²) in [6.07, 6.45) is 1.70. The molecule has 0 amide bonds. The molecule has 3 rings (SSSR count). The highest BCUT2D eigenvalue weighted by Gasteiger charge is 2.08. The zero-order valence-electron chi connectivity index (χ0n) is 11.0. The lowest BCUT2D eigenvalue weighted by Crippen LogP contribution is -2.08. The van der Waals surface area contributed by atoms with Gasteiger partial charge >= 0.3 is 0 Å². The van der Waals surface area contributed by atoms with Crippen LogP contribution in [0.4, 0.5) is 5.69 Å². The lowest BCUT2D eigenvalue weighted by Gasteiger charge is -2.11. The van der Waals surface area contributed by atoms with Crippen LogP contribution in [0.25, 0.3) is 10.1 Å². The van der Waals surface area contributed by atoms with E-state index in [0.29, 0.717) is 5.75 Å². The Morgan fingerprint density at radius 1 is 1.05 bits per heavy atom. The van der Waals surface area contributed by atoms with Gasteiger partial charge in [-0.15, -0.1) is 11.3 Å². The number of nitrogens with zero attached hydrogens (tertiary/aromatic N) is 2. The Labute approximate surface area is 121 Å². The van der Waals surface area contributed by atoms with Crippen molar-refractivity contribution in [2.45, 2.75) is 0 Å². The van der Waals surface area contributed by atoms with Crippen LogP contribution in [0.5, 0.6) is 5.75 Å². The van der Waals surface area contributed by atoms with Crippen molar-refractivity contribution < 1.29 is 5.11 Å². The molecule has 0 saturated carbocycles. The molecule has 0 aliphatic carbocycles. The summed E-state index contributed by atoms with van der Waals surface area (Å²) in [6, 6.07) is 17.7. The number of hydrazone groups is 1. The van der Waals surface area contributed by atoms with Gasteiger partial charge in [-0.05, 0) is 24.3 Å². The Morgan fingerprint density at radius 3 is 2.50 bits per heavy atom. The van der Waals surface area contributed by atoms with Crippen LogP contribution >= 0.6 is 11.3 Å². The number of fused-ring (bicyclic) bond motifs is 1. The molecule has 100 valence electrons. The predicted octanol–water partition coefficient (Wildman–Crippen LogP) is 4.08. The first-order valence-electron chi connectivity index (χ1n) is 6.29. The van der Waals surface area contributed by atoms with Gasteiger partial charge in [0, 0.05) is 17.1 Å². The van der Waals surface area contributed by atoms with Crippen LogP contribution in [0.15, 0.2) is 59.7 Å². The van der Waals surface area contributed by atoms with Crippen LogP contribution in [0.3, 0.4) is 0 Å². The van der Waals surface area contributed by atoms with Gasteiger partial charge in [-0.25, -0.2) is 0 Å². The average molecular weight is 282 g/mol. The minimum Gasteiger partial charge on any atom is -0.506 e. The Balaban J connectivity index is 1.89. The van der Waals surface area contributed by atoms with Crippen LogP contribution in [0.2, 0.25) is 0 Å². The lowest BCUT2D eigenvalue weighted by atomic mass is 10.2. The molecule has 0 unspecified atom stereocenters. The van der Waals surface area contributed by atoms with Crippen LogP contribution in [0, 0.1) is 0 Å². The first-order chi connectivity index (χ1) is 9.75. The van der Waals surface area contributed by atoms with Crippen molar-refractivity contribution in [3.8, 4) is 5.75 Å². The van der Waals surface area contributed by atoms with Crippen molar-refractivity contribution in [2.75, 3.05) is 12.1 Å². The summed E-state index contributed by atoms with van der Waals surface area (Å²) in [5, 5.41) is 17.2. The summed E-state index contributed by atoms with van der Waals surface area (Å²) in [6.45, 7) is 0. The molecule has 1 heterocycles. The monoisotopic (exact) mass is 282 g/mol. The first kappa shape index (κ1) is 12.7. The molecule has 0 saturated heterocycles. The highest BCUT2D eigenvalue weighted by atomic mass is 32.1. The van der Waals surface area contributed by atoms with E-state index in [0.717, 1.165) is 20.7 Å². The van der Waals surface area contributed by atoms with Crippen LogP contribution < -0.4 is 5.01 Å². The second kappa shape index (κ2) is 5.35. The smallest absolute Gasteiger partial charge is 0.143 e. The van der Waals surface area contributed by atoms with E-state index in [2.05, 4.69) is 5.10 Å². The molecular weight excluding hydrogens is 268 g/mol. The molecule has 2 aromatic carbocycles. The zero-order valence-corrected chi connectivity index (χ0v) is 11.8. The summed E-state index contributed by atoms with van der Waals surface area (Å²) in [7, 11) is 1.89. The molecule has 0 radical (unpaired) electrons. The third-order valence-corrected chi connectivity index (χ3v) is 4.17. The predicted molar refractivity (Wildman–Crippen MR) is 85.9 cm³/mol. The quantitative estimate of drug-likeness (QED) is 0.580.